The van der Waals surface area contributed by atoms with Crippen LogP contribution in [-0.2, 0) is 0 Å². The molecule has 0 saturated carbocycles. The summed E-state index contributed by atoms with van der Waals surface area (Å²) in [6, 6.07) is 14.9. The molecule has 2 aliphatic rings. The molecule has 30 heavy (non-hydrogen) atoms. The molecular weight excluding hydrogens is 380 g/mol. The van der Waals surface area contributed by atoms with Crippen molar-refractivity contribution < 1.29 is 9.72 Å². The monoisotopic (exact) mass is 408 g/mol. The molecule has 2 aromatic carbocycles. The highest BCUT2D eigenvalue weighted by molar-refractivity contribution is 6.00. The lowest BCUT2D eigenvalue weighted by Crippen LogP contribution is -2.49. The predicted molar refractivity (Wildman–Crippen MR) is 118 cm³/mol. The fourth-order valence-electron chi connectivity index (χ4n) is 4.31. The van der Waals surface area contributed by atoms with E-state index in [0.717, 1.165) is 50.4 Å². The first-order valence-electron chi connectivity index (χ1n) is 10.7. The quantitative estimate of drug-likeness (QED) is 0.569. The molecule has 0 atom stereocenters. The SMILES string of the molecule is CC1CCN(c2ccc([N+](=O)[O-])cc2C(=O)N2CCN(c3ccccc3)CC2)CC1. The number of nitro benzene ring substituents is 1. The third-order valence-electron chi connectivity index (χ3n) is 6.23. The molecule has 0 bridgehead atoms. The maximum Gasteiger partial charge on any atom is 0.270 e. The summed E-state index contributed by atoms with van der Waals surface area (Å²) >= 11 is 0. The van der Waals surface area contributed by atoms with E-state index in [1.54, 1.807) is 6.07 Å². The molecule has 0 aliphatic carbocycles. The average Bonchev–Trinajstić information content (AvgIpc) is 2.79. The maximum atomic E-state index is 13.4. The third kappa shape index (κ3) is 4.25. The van der Waals surface area contributed by atoms with Crippen molar-refractivity contribution in [2.24, 2.45) is 5.92 Å². The van der Waals surface area contributed by atoms with Gasteiger partial charge in [0.2, 0.25) is 0 Å². The minimum absolute atomic E-state index is 0.0320. The number of nitro groups is 1. The Morgan fingerprint density at radius 1 is 0.933 bits per heavy atom. The van der Waals surface area contributed by atoms with Crippen LogP contribution in [0.5, 0.6) is 0 Å². The molecule has 0 aromatic heterocycles. The Morgan fingerprint density at radius 3 is 2.23 bits per heavy atom. The predicted octanol–water partition coefficient (Wildman–Crippen LogP) is 3.79. The number of rotatable bonds is 4. The summed E-state index contributed by atoms with van der Waals surface area (Å²) in [5.74, 6) is 0.560. The number of anilines is 2. The summed E-state index contributed by atoms with van der Waals surface area (Å²) in [6.07, 6.45) is 2.14. The zero-order valence-electron chi connectivity index (χ0n) is 17.4. The van der Waals surface area contributed by atoms with E-state index in [4.69, 9.17) is 0 Å². The van der Waals surface area contributed by atoms with Crippen molar-refractivity contribution in [2.45, 2.75) is 19.8 Å². The molecule has 0 spiro atoms. The molecule has 4 rings (SSSR count). The number of piperazine rings is 1. The van der Waals surface area contributed by atoms with Crippen molar-refractivity contribution in [1.82, 2.24) is 4.90 Å². The van der Waals surface area contributed by atoms with Crippen LogP contribution in [0.15, 0.2) is 48.5 Å². The molecule has 0 N–H and O–H groups in total. The number of non-ortho nitro benzene ring substituents is 1. The van der Waals surface area contributed by atoms with E-state index in [9.17, 15) is 14.9 Å². The lowest BCUT2D eigenvalue weighted by molar-refractivity contribution is -0.384. The Kier molecular flexibility index (Phi) is 5.88. The van der Waals surface area contributed by atoms with E-state index in [0.29, 0.717) is 24.6 Å². The highest BCUT2D eigenvalue weighted by Gasteiger charge is 2.28. The van der Waals surface area contributed by atoms with Crippen LogP contribution in [0, 0.1) is 16.0 Å². The van der Waals surface area contributed by atoms with Crippen molar-refractivity contribution >= 4 is 23.0 Å². The first-order valence-corrected chi connectivity index (χ1v) is 10.7. The molecule has 0 radical (unpaired) electrons. The number of hydrogen-bond acceptors (Lipinski definition) is 5. The summed E-state index contributed by atoms with van der Waals surface area (Å²) in [5.41, 5.74) is 2.40. The maximum absolute atomic E-state index is 13.4. The number of para-hydroxylation sites is 1. The molecule has 1 amide bonds. The van der Waals surface area contributed by atoms with Crippen LogP contribution in [0.4, 0.5) is 17.1 Å². The Morgan fingerprint density at radius 2 is 1.60 bits per heavy atom. The van der Waals surface area contributed by atoms with Gasteiger partial charge in [0, 0.05) is 57.1 Å². The smallest absolute Gasteiger partial charge is 0.270 e. The van der Waals surface area contributed by atoms with Gasteiger partial charge in [-0.15, -0.1) is 0 Å². The van der Waals surface area contributed by atoms with Gasteiger partial charge in [0.1, 0.15) is 0 Å². The standard InChI is InChI=1S/C23H28N4O3/c1-18-9-11-25(12-10-18)22-8-7-20(27(29)30)17-21(22)23(28)26-15-13-24(14-16-26)19-5-3-2-4-6-19/h2-8,17-18H,9-16H2,1H3. The van der Waals surface area contributed by atoms with Crippen LogP contribution in [0.2, 0.25) is 0 Å². The number of nitrogens with zero attached hydrogens (tertiary/aromatic N) is 4. The molecule has 2 saturated heterocycles. The van der Waals surface area contributed by atoms with Gasteiger partial charge in [-0.2, -0.15) is 0 Å². The van der Waals surface area contributed by atoms with Gasteiger partial charge in [-0.25, -0.2) is 0 Å². The largest absolute Gasteiger partial charge is 0.371 e. The van der Waals surface area contributed by atoms with Crippen LogP contribution in [0.25, 0.3) is 0 Å². The summed E-state index contributed by atoms with van der Waals surface area (Å²) in [6.45, 7) is 6.70. The Balaban J connectivity index is 1.54. The van der Waals surface area contributed by atoms with Gasteiger partial charge in [-0.3, -0.25) is 14.9 Å². The summed E-state index contributed by atoms with van der Waals surface area (Å²) < 4.78 is 0. The molecule has 2 aliphatic heterocycles. The van der Waals surface area contributed by atoms with Crippen molar-refractivity contribution in [3.05, 3.63) is 64.2 Å². The molecule has 0 unspecified atom stereocenters. The lowest BCUT2D eigenvalue weighted by Gasteiger charge is -2.37. The second kappa shape index (κ2) is 8.73. The number of piperidine rings is 1. The van der Waals surface area contributed by atoms with Gasteiger partial charge in [0.15, 0.2) is 0 Å². The Labute approximate surface area is 177 Å². The van der Waals surface area contributed by atoms with Gasteiger partial charge in [0.25, 0.3) is 11.6 Å². The first kappa shape index (κ1) is 20.2. The van der Waals surface area contributed by atoms with Gasteiger partial charge >= 0.3 is 0 Å². The van der Waals surface area contributed by atoms with Gasteiger partial charge in [-0.1, -0.05) is 25.1 Å². The lowest BCUT2D eigenvalue weighted by atomic mass is 9.97. The van der Waals surface area contributed by atoms with Crippen molar-refractivity contribution in [2.75, 3.05) is 49.1 Å². The molecule has 2 fully saturated rings. The average molecular weight is 409 g/mol. The number of carbonyl (C=O) groups excluding carboxylic acids is 1. The molecule has 2 aromatic rings. The van der Waals surface area contributed by atoms with E-state index in [2.05, 4.69) is 28.9 Å². The van der Waals surface area contributed by atoms with Crippen LogP contribution >= 0.6 is 0 Å². The van der Waals surface area contributed by atoms with E-state index < -0.39 is 4.92 Å². The van der Waals surface area contributed by atoms with E-state index in [1.807, 2.05) is 23.1 Å². The number of benzene rings is 2. The fraction of sp³-hybridized carbons (Fsp3) is 0.435. The Bertz CT molecular complexity index is 902. The molecule has 7 heteroatoms. The second-order valence-electron chi connectivity index (χ2n) is 8.24. The van der Waals surface area contributed by atoms with Crippen molar-refractivity contribution in [1.29, 1.82) is 0 Å². The minimum atomic E-state index is -0.424. The molecule has 2 heterocycles. The highest BCUT2D eigenvalue weighted by atomic mass is 16.6. The zero-order valence-corrected chi connectivity index (χ0v) is 17.4. The van der Waals surface area contributed by atoms with E-state index in [-0.39, 0.29) is 11.6 Å². The first-order chi connectivity index (χ1) is 14.5. The normalized spacial score (nSPS) is 17.8. The summed E-state index contributed by atoms with van der Waals surface area (Å²) in [5, 5.41) is 11.3. The second-order valence-corrected chi connectivity index (χ2v) is 8.24. The zero-order chi connectivity index (χ0) is 21.1. The molecular formula is C23H28N4O3. The van der Waals surface area contributed by atoms with E-state index >= 15 is 0 Å². The fourth-order valence-corrected chi connectivity index (χ4v) is 4.31. The summed E-state index contributed by atoms with van der Waals surface area (Å²) in [4.78, 5) is 30.6. The molecule has 7 nitrogen and oxygen atoms in total. The van der Waals surface area contributed by atoms with Gasteiger partial charge < -0.3 is 14.7 Å². The minimum Gasteiger partial charge on any atom is -0.371 e. The number of carbonyl (C=O) groups is 1. The Hall–Kier alpha value is -3.09. The third-order valence-corrected chi connectivity index (χ3v) is 6.23. The van der Waals surface area contributed by atoms with Crippen LogP contribution < -0.4 is 9.80 Å². The number of amides is 1. The summed E-state index contributed by atoms with van der Waals surface area (Å²) in [7, 11) is 0. The highest BCUT2D eigenvalue weighted by Crippen LogP contribution is 2.30. The van der Waals surface area contributed by atoms with Gasteiger partial charge in [-0.05, 0) is 37.0 Å². The van der Waals surface area contributed by atoms with Crippen molar-refractivity contribution in [3.63, 3.8) is 0 Å². The topological polar surface area (TPSA) is 69.9 Å². The van der Waals surface area contributed by atoms with Crippen LogP contribution in [0.1, 0.15) is 30.1 Å². The molecule has 158 valence electrons. The van der Waals surface area contributed by atoms with Crippen LogP contribution in [0.3, 0.4) is 0 Å². The number of hydrogen-bond donors (Lipinski definition) is 0. The van der Waals surface area contributed by atoms with Crippen molar-refractivity contribution in [3.8, 4) is 0 Å². The van der Waals surface area contributed by atoms with Crippen LogP contribution in [-0.4, -0.2) is 55.0 Å². The van der Waals surface area contributed by atoms with E-state index in [1.165, 1.54) is 12.1 Å². The van der Waals surface area contributed by atoms with Gasteiger partial charge in [0.05, 0.1) is 16.2 Å².